The lowest BCUT2D eigenvalue weighted by atomic mass is 9.80. The van der Waals surface area contributed by atoms with E-state index in [-0.39, 0.29) is 23.6 Å². The van der Waals surface area contributed by atoms with Crippen LogP contribution >= 0.6 is 0 Å². The number of rotatable bonds is 5. The van der Waals surface area contributed by atoms with Gasteiger partial charge in [-0.05, 0) is 29.7 Å². The van der Waals surface area contributed by atoms with Gasteiger partial charge < -0.3 is 29.4 Å². The molecule has 0 unspecified atom stereocenters. The Morgan fingerprint density at radius 3 is 2.41 bits per heavy atom. The summed E-state index contributed by atoms with van der Waals surface area (Å²) in [6, 6.07) is 9.21. The van der Waals surface area contributed by atoms with Crippen LogP contribution in [0.1, 0.15) is 12.7 Å². The largest absolute Gasteiger partial charge is 0.526 e. The third-order valence-electron chi connectivity index (χ3n) is 3.11. The molecule has 1 amide bonds. The van der Waals surface area contributed by atoms with Crippen LogP contribution in [0, 0.1) is 0 Å². The Labute approximate surface area is 127 Å². The highest BCUT2D eigenvalue weighted by Crippen LogP contribution is 2.16. The van der Waals surface area contributed by atoms with Crippen LogP contribution < -0.4 is 16.0 Å². The molecular weight excluding hydrogens is 288 g/mol. The fourth-order valence-corrected chi connectivity index (χ4v) is 2.01. The average molecular weight is 303 g/mol. The number of furan rings is 1. The zero-order valence-corrected chi connectivity index (χ0v) is 11.9. The number of benzene rings is 1. The van der Waals surface area contributed by atoms with Crippen LogP contribution in [0.3, 0.4) is 0 Å². The van der Waals surface area contributed by atoms with Gasteiger partial charge in [0, 0.05) is 12.6 Å². The van der Waals surface area contributed by atoms with E-state index in [0.29, 0.717) is 11.4 Å². The minimum Gasteiger partial charge on any atom is -0.468 e. The molecule has 0 fully saturated rings. The second-order valence-electron chi connectivity index (χ2n) is 4.75. The van der Waals surface area contributed by atoms with Crippen LogP contribution in [0.2, 0.25) is 0 Å². The maximum atomic E-state index is 11.8. The van der Waals surface area contributed by atoms with Gasteiger partial charge in [0.25, 0.3) is 0 Å². The second kappa shape index (κ2) is 6.80. The Kier molecular flexibility index (Phi) is 5.04. The van der Waals surface area contributed by atoms with E-state index in [9.17, 15) is 14.8 Å². The molecule has 0 saturated heterocycles. The van der Waals surface area contributed by atoms with Crippen molar-refractivity contribution in [3.05, 3.63) is 42.2 Å². The van der Waals surface area contributed by atoms with Gasteiger partial charge in [0.05, 0.1) is 6.54 Å². The van der Waals surface area contributed by atoms with Crippen LogP contribution in [0.15, 0.2) is 40.8 Å². The Balaban J connectivity index is 2.26. The molecular formula is C13H15B2NO6. The van der Waals surface area contributed by atoms with Gasteiger partial charge in [-0.15, -0.1) is 0 Å². The summed E-state index contributed by atoms with van der Waals surface area (Å²) in [5.74, 6) is 0.0975. The quantitative estimate of drug-likeness (QED) is 0.484. The molecule has 0 aliphatic rings. The monoisotopic (exact) mass is 303 g/mol. The molecule has 9 heteroatoms. The number of carbonyl (C=O) groups is 1. The van der Waals surface area contributed by atoms with Crippen molar-refractivity contribution in [2.45, 2.75) is 13.5 Å². The topological polar surface area (TPSA) is 114 Å². The Morgan fingerprint density at radius 1 is 1.14 bits per heavy atom. The molecule has 1 aromatic carbocycles. The molecule has 114 valence electrons. The van der Waals surface area contributed by atoms with Crippen molar-refractivity contribution in [1.29, 1.82) is 0 Å². The third kappa shape index (κ3) is 3.77. The molecule has 22 heavy (non-hydrogen) atoms. The first-order chi connectivity index (χ1) is 10.4. The fourth-order valence-electron chi connectivity index (χ4n) is 2.01. The molecule has 0 atom stereocenters. The van der Waals surface area contributed by atoms with Crippen molar-refractivity contribution in [2.75, 3.05) is 4.90 Å². The first-order valence-corrected chi connectivity index (χ1v) is 6.57. The molecule has 0 aliphatic heterocycles. The SMILES string of the molecule is CC(=O)N(Cc1ccc(B(O)O)o1)c1cccc(B(O)O)c1. The highest BCUT2D eigenvalue weighted by molar-refractivity contribution is 6.58. The van der Waals surface area contributed by atoms with Crippen molar-refractivity contribution >= 4 is 37.0 Å². The molecule has 2 aromatic rings. The molecule has 0 saturated carbocycles. The number of nitrogens with zero attached hydrogens (tertiary/aromatic N) is 1. The van der Waals surface area contributed by atoms with Crippen molar-refractivity contribution in [1.82, 2.24) is 0 Å². The van der Waals surface area contributed by atoms with Crippen molar-refractivity contribution < 1.29 is 29.3 Å². The summed E-state index contributed by atoms with van der Waals surface area (Å²) >= 11 is 0. The van der Waals surface area contributed by atoms with Crippen LogP contribution in [0.5, 0.6) is 0 Å². The maximum absolute atomic E-state index is 11.8. The van der Waals surface area contributed by atoms with Crippen LogP contribution in [-0.2, 0) is 11.3 Å². The van der Waals surface area contributed by atoms with Crippen molar-refractivity contribution in [3.63, 3.8) is 0 Å². The smallest absolute Gasteiger partial charge is 0.468 e. The van der Waals surface area contributed by atoms with Gasteiger partial charge in [0.1, 0.15) is 11.4 Å². The summed E-state index contributed by atoms with van der Waals surface area (Å²) in [6.07, 6.45) is 0. The van der Waals surface area contributed by atoms with Crippen molar-refractivity contribution in [2.24, 2.45) is 0 Å². The van der Waals surface area contributed by atoms with Crippen LogP contribution in [0.25, 0.3) is 0 Å². The van der Waals surface area contributed by atoms with Gasteiger partial charge in [-0.2, -0.15) is 0 Å². The van der Waals surface area contributed by atoms with Crippen LogP contribution in [-0.4, -0.2) is 40.2 Å². The third-order valence-corrected chi connectivity index (χ3v) is 3.11. The number of amides is 1. The lowest BCUT2D eigenvalue weighted by Gasteiger charge is -2.20. The van der Waals surface area contributed by atoms with E-state index in [1.807, 2.05) is 0 Å². The van der Waals surface area contributed by atoms with Gasteiger partial charge in [-0.1, -0.05) is 12.1 Å². The first kappa shape index (κ1) is 16.3. The average Bonchev–Trinajstić information content (AvgIpc) is 2.93. The molecule has 2 rings (SSSR count). The Morgan fingerprint density at radius 2 is 1.86 bits per heavy atom. The molecule has 0 bridgehead atoms. The molecule has 4 N–H and O–H groups in total. The zero-order valence-electron chi connectivity index (χ0n) is 11.9. The molecule has 0 spiro atoms. The predicted octanol–water partition coefficient (Wildman–Crippen LogP) is -1.81. The van der Waals surface area contributed by atoms with Gasteiger partial charge in [0.15, 0.2) is 0 Å². The molecule has 0 aliphatic carbocycles. The molecule has 1 heterocycles. The van der Waals surface area contributed by atoms with Gasteiger partial charge in [-0.25, -0.2) is 0 Å². The second-order valence-corrected chi connectivity index (χ2v) is 4.75. The van der Waals surface area contributed by atoms with E-state index >= 15 is 0 Å². The highest BCUT2D eigenvalue weighted by atomic mass is 16.4. The van der Waals surface area contributed by atoms with E-state index in [4.69, 9.17) is 14.5 Å². The summed E-state index contributed by atoms with van der Waals surface area (Å²) in [7, 11) is -3.35. The standard InChI is InChI=1S/C13H15B2NO6/c1-9(17)16(8-12-5-6-13(22-12)15(20)21)11-4-2-3-10(7-11)14(18)19/h2-7,18-21H,8H2,1H3. The molecule has 0 radical (unpaired) electrons. The van der Waals surface area contributed by atoms with E-state index < -0.39 is 14.2 Å². The van der Waals surface area contributed by atoms with Crippen molar-refractivity contribution in [3.8, 4) is 0 Å². The number of anilines is 1. The van der Waals surface area contributed by atoms with E-state index in [0.717, 1.165) is 0 Å². The lowest BCUT2D eigenvalue weighted by molar-refractivity contribution is -0.116. The van der Waals surface area contributed by atoms with E-state index in [1.54, 1.807) is 12.1 Å². The van der Waals surface area contributed by atoms with Crippen LogP contribution in [0.4, 0.5) is 5.69 Å². The first-order valence-electron chi connectivity index (χ1n) is 6.57. The molecule has 7 nitrogen and oxygen atoms in total. The van der Waals surface area contributed by atoms with Gasteiger partial charge in [0.2, 0.25) is 5.91 Å². The summed E-state index contributed by atoms with van der Waals surface area (Å²) < 4.78 is 5.23. The normalized spacial score (nSPS) is 10.4. The summed E-state index contributed by atoms with van der Waals surface area (Å²) in [4.78, 5) is 13.2. The molecule has 1 aromatic heterocycles. The number of hydrogen-bond acceptors (Lipinski definition) is 6. The fraction of sp³-hybridized carbons (Fsp3) is 0.154. The van der Waals surface area contributed by atoms with Gasteiger partial charge >= 0.3 is 14.2 Å². The minimum atomic E-state index is -1.72. The van der Waals surface area contributed by atoms with E-state index in [2.05, 4.69) is 0 Å². The van der Waals surface area contributed by atoms with E-state index in [1.165, 1.54) is 36.1 Å². The maximum Gasteiger partial charge on any atom is 0.526 e. The summed E-state index contributed by atoms with van der Waals surface area (Å²) in [5.41, 5.74) is 0.716. The summed E-state index contributed by atoms with van der Waals surface area (Å²) in [6.45, 7) is 1.44. The lowest BCUT2D eigenvalue weighted by Crippen LogP contribution is -2.33. The highest BCUT2D eigenvalue weighted by Gasteiger charge is 2.20. The number of hydrogen-bond donors (Lipinski definition) is 4. The van der Waals surface area contributed by atoms with Gasteiger partial charge in [-0.3, -0.25) is 4.79 Å². The zero-order chi connectivity index (χ0) is 16.3. The predicted molar refractivity (Wildman–Crippen MR) is 81.7 cm³/mol. The minimum absolute atomic E-state index is 0.0157. The Hall–Kier alpha value is -2.06. The Bertz CT molecular complexity index is 657. The summed E-state index contributed by atoms with van der Waals surface area (Å²) in [5, 5.41) is 36.4. The number of carbonyl (C=O) groups excluding carboxylic acids is 1.